The Morgan fingerprint density at radius 3 is 2.56 bits per heavy atom. The van der Waals surface area contributed by atoms with Crippen LogP contribution in [0.15, 0.2) is 29.3 Å². The van der Waals surface area contributed by atoms with Crippen LogP contribution in [-0.4, -0.2) is 64.9 Å². The second-order valence-corrected chi connectivity index (χ2v) is 6.49. The van der Waals surface area contributed by atoms with E-state index in [1.807, 2.05) is 43.0 Å². The van der Waals surface area contributed by atoms with E-state index in [0.29, 0.717) is 11.6 Å². The number of nitrogens with zero attached hydrogens (tertiary/aromatic N) is 4. The van der Waals surface area contributed by atoms with Crippen molar-refractivity contribution in [1.29, 1.82) is 0 Å². The minimum absolute atomic E-state index is 0.328. The van der Waals surface area contributed by atoms with Gasteiger partial charge in [-0.2, -0.15) is 0 Å². The third-order valence-corrected chi connectivity index (χ3v) is 5.05. The van der Waals surface area contributed by atoms with Crippen LogP contribution in [0.25, 0.3) is 0 Å². The van der Waals surface area contributed by atoms with Gasteiger partial charge in [-0.3, -0.25) is 10.1 Å². The van der Waals surface area contributed by atoms with Gasteiger partial charge in [0.1, 0.15) is 0 Å². The Balaban J connectivity index is 2.00. The number of aliphatic imine (C=N–C) groups is 1. The van der Waals surface area contributed by atoms with Crippen molar-refractivity contribution < 1.29 is 9.59 Å². The van der Waals surface area contributed by atoms with Gasteiger partial charge in [0.2, 0.25) is 0 Å². The van der Waals surface area contributed by atoms with Crippen molar-refractivity contribution in [2.75, 3.05) is 20.1 Å². The second-order valence-electron chi connectivity index (χ2n) is 6.08. The summed E-state index contributed by atoms with van der Waals surface area (Å²) in [6.45, 7) is 6.04. The number of carbonyl (C=O) groups excluding carboxylic acids is 2. The van der Waals surface area contributed by atoms with Gasteiger partial charge < -0.3 is 14.7 Å². The SMILES string of the molecule is CCN(CC)C1=NC2C(C(=O)NC(=O)N2C)N1Cc1ccccc1Cl. The van der Waals surface area contributed by atoms with E-state index in [-0.39, 0.29) is 5.91 Å². The largest absolute Gasteiger partial charge is 0.343 e. The quantitative estimate of drug-likeness (QED) is 0.884. The maximum Gasteiger partial charge on any atom is 0.325 e. The molecule has 7 nitrogen and oxygen atoms in total. The van der Waals surface area contributed by atoms with Crippen LogP contribution in [0.1, 0.15) is 19.4 Å². The van der Waals surface area contributed by atoms with E-state index >= 15 is 0 Å². The van der Waals surface area contributed by atoms with Crippen LogP contribution in [0.4, 0.5) is 4.79 Å². The van der Waals surface area contributed by atoms with Crippen LogP contribution in [0.5, 0.6) is 0 Å². The lowest BCUT2D eigenvalue weighted by Crippen LogP contribution is -2.64. The number of imide groups is 1. The van der Waals surface area contributed by atoms with Gasteiger partial charge in [0, 0.05) is 31.7 Å². The van der Waals surface area contributed by atoms with Gasteiger partial charge in [-0.05, 0) is 25.5 Å². The molecule has 1 aromatic carbocycles. The molecular formula is C17H22ClN5O2. The lowest BCUT2D eigenvalue weighted by molar-refractivity contribution is -0.127. The summed E-state index contributed by atoms with van der Waals surface area (Å²) in [7, 11) is 1.65. The third kappa shape index (κ3) is 3.04. The van der Waals surface area contributed by atoms with Crippen LogP contribution in [0, 0.1) is 0 Å². The van der Waals surface area contributed by atoms with E-state index in [9.17, 15) is 9.59 Å². The lowest BCUT2D eigenvalue weighted by atomic mass is 10.1. The number of urea groups is 1. The number of benzene rings is 1. The molecule has 0 aromatic heterocycles. The maximum atomic E-state index is 12.5. The first-order valence-electron chi connectivity index (χ1n) is 8.38. The first kappa shape index (κ1) is 17.5. The van der Waals surface area contributed by atoms with Crippen molar-refractivity contribution >= 4 is 29.5 Å². The Labute approximate surface area is 152 Å². The highest BCUT2D eigenvalue weighted by molar-refractivity contribution is 6.31. The minimum atomic E-state index is -0.561. The highest BCUT2D eigenvalue weighted by Crippen LogP contribution is 2.28. The van der Waals surface area contributed by atoms with Crippen LogP contribution < -0.4 is 5.32 Å². The number of carbonyl (C=O) groups is 2. The van der Waals surface area contributed by atoms with E-state index < -0.39 is 18.2 Å². The molecular weight excluding hydrogens is 342 g/mol. The van der Waals surface area contributed by atoms with Crippen LogP contribution >= 0.6 is 11.6 Å². The third-order valence-electron chi connectivity index (χ3n) is 4.68. The predicted octanol–water partition coefficient (Wildman–Crippen LogP) is 1.73. The molecule has 1 N–H and O–H groups in total. The van der Waals surface area contributed by atoms with Gasteiger partial charge in [-0.15, -0.1) is 0 Å². The summed E-state index contributed by atoms with van der Waals surface area (Å²) in [5.74, 6) is 0.391. The summed E-state index contributed by atoms with van der Waals surface area (Å²) in [6.07, 6.45) is -0.528. The van der Waals surface area contributed by atoms with Crippen molar-refractivity contribution in [3.63, 3.8) is 0 Å². The number of amides is 3. The predicted molar refractivity (Wildman–Crippen MR) is 96.2 cm³/mol. The number of guanidine groups is 1. The summed E-state index contributed by atoms with van der Waals surface area (Å²) < 4.78 is 0. The fourth-order valence-electron chi connectivity index (χ4n) is 3.26. The zero-order valence-electron chi connectivity index (χ0n) is 14.6. The van der Waals surface area contributed by atoms with Crippen molar-refractivity contribution in [3.8, 4) is 0 Å². The minimum Gasteiger partial charge on any atom is -0.343 e. The fourth-order valence-corrected chi connectivity index (χ4v) is 3.46. The molecule has 3 amide bonds. The van der Waals surface area contributed by atoms with Gasteiger partial charge in [-0.25, -0.2) is 9.79 Å². The topological polar surface area (TPSA) is 68.2 Å². The molecule has 0 radical (unpaired) electrons. The van der Waals surface area contributed by atoms with Gasteiger partial charge in [0.25, 0.3) is 5.91 Å². The van der Waals surface area contributed by atoms with E-state index in [2.05, 4.69) is 10.2 Å². The number of hydrogen-bond acceptors (Lipinski definition) is 5. The zero-order valence-corrected chi connectivity index (χ0v) is 15.3. The molecule has 0 saturated carbocycles. The molecule has 1 aromatic rings. The number of fused-ring (bicyclic) bond motifs is 1. The molecule has 2 heterocycles. The monoisotopic (exact) mass is 363 g/mol. The average molecular weight is 364 g/mol. The lowest BCUT2D eigenvalue weighted by Gasteiger charge is -2.37. The van der Waals surface area contributed by atoms with E-state index in [4.69, 9.17) is 16.6 Å². The summed E-state index contributed by atoms with van der Waals surface area (Å²) in [6, 6.07) is 6.57. The normalized spacial score (nSPS) is 22.6. The maximum absolute atomic E-state index is 12.5. The van der Waals surface area contributed by atoms with Crippen molar-refractivity contribution in [3.05, 3.63) is 34.9 Å². The Hall–Kier alpha value is -2.28. The molecule has 0 aliphatic carbocycles. The number of nitrogens with one attached hydrogen (secondary N) is 1. The molecule has 1 saturated heterocycles. The van der Waals surface area contributed by atoms with E-state index in [0.717, 1.165) is 24.6 Å². The molecule has 2 unspecified atom stereocenters. The van der Waals surface area contributed by atoms with Crippen molar-refractivity contribution in [2.45, 2.75) is 32.6 Å². The van der Waals surface area contributed by atoms with Crippen LogP contribution in [0.2, 0.25) is 5.02 Å². The molecule has 1 fully saturated rings. The van der Waals surface area contributed by atoms with Crippen molar-refractivity contribution in [1.82, 2.24) is 20.0 Å². The highest BCUT2D eigenvalue weighted by atomic mass is 35.5. The average Bonchev–Trinajstić information content (AvgIpc) is 2.96. The first-order valence-corrected chi connectivity index (χ1v) is 8.76. The molecule has 0 spiro atoms. The number of halogens is 1. The molecule has 2 atom stereocenters. The highest BCUT2D eigenvalue weighted by Gasteiger charge is 2.49. The Bertz CT molecular complexity index is 719. The first-order chi connectivity index (χ1) is 12.0. The number of likely N-dealkylation sites (N-methyl/N-ethyl adjacent to an activating group) is 1. The smallest absolute Gasteiger partial charge is 0.325 e. The summed E-state index contributed by atoms with van der Waals surface area (Å²) >= 11 is 6.32. The fraction of sp³-hybridized carbons (Fsp3) is 0.471. The number of rotatable bonds is 4. The molecule has 2 aliphatic rings. The summed E-state index contributed by atoms with van der Waals surface area (Å²) in [4.78, 5) is 34.7. The molecule has 25 heavy (non-hydrogen) atoms. The van der Waals surface area contributed by atoms with Crippen LogP contribution in [-0.2, 0) is 11.3 Å². The van der Waals surface area contributed by atoms with Gasteiger partial charge in [0.05, 0.1) is 0 Å². The Kier molecular flexibility index (Phi) is 4.85. The Morgan fingerprint density at radius 1 is 1.24 bits per heavy atom. The van der Waals surface area contributed by atoms with Gasteiger partial charge >= 0.3 is 6.03 Å². The molecule has 134 valence electrons. The summed E-state index contributed by atoms with van der Waals surface area (Å²) in [5.41, 5.74) is 0.914. The van der Waals surface area contributed by atoms with Crippen LogP contribution in [0.3, 0.4) is 0 Å². The van der Waals surface area contributed by atoms with E-state index in [1.54, 1.807) is 7.05 Å². The van der Waals surface area contributed by atoms with Gasteiger partial charge in [-0.1, -0.05) is 29.8 Å². The Morgan fingerprint density at radius 2 is 1.92 bits per heavy atom. The molecule has 0 bridgehead atoms. The molecule has 8 heteroatoms. The van der Waals surface area contributed by atoms with Crippen molar-refractivity contribution in [2.24, 2.45) is 4.99 Å². The standard InChI is InChI=1S/C17H22ClN5O2/c1-4-22(5-2)16-19-14-13(15(24)20-17(25)21(14)3)23(16)10-11-8-6-7-9-12(11)18/h6-9,13-14H,4-5,10H2,1-3H3,(H,20,24,25). The van der Waals surface area contributed by atoms with E-state index in [1.165, 1.54) is 4.90 Å². The van der Waals surface area contributed by atoms with Gasteiger partial charge in [0.15, 0.2) is 18.2 Å². The molecule has 3 rings (SSSR count). The molecule has 2 aliphatic heterocycles. The summed E-state index contributed by atoms with van der Waals surface area (Å²) in [5, 5.41) is 3.05. The zero-order chi connectivity index (χ0) is 18.1. The second kappa shape index (κ2) is 6.92. The number of hydrogen-bond donors (Lipinski definition) is 1.